The molecular weight excluding hydrogens is 276 g/mol. The van der Waals surface area contributed by atoms with E-state index in [9.17, 15) is 0 Å². The molecule has 0 radical (unpaired) electrons. The molecule has 0 saturated heterocycles. The molecule has 0 amide bonds. The monoisotopic (exact) mass is 320 g/mol. The standard InChI is InChI=1S/C23H44/c1-4-7-10-13-15-18-21-23(20-17-12-9-6-3)22-19-16-14-11-8-5-2/h4-5,23H,1-2,6-22H2,3H3. The Kier molecular flexibility index (Phi) is 19.1. The highest BCUT2D eigenvalue weighted by Crippen LogP contribution is 2.24. The maximum Gasteiger partial charge on any atom is -0.0353 e. The number of allylic oxidation sites excluding steroid dienone is 2. The summed E-state index contributed by atoms with van der Waals surface area (Å²) in [6.45, 7) is 9.93. The predicted octanol–water partition coefficient (Wildman–Crippen LogP) is 8.63. The van der Waals surface area contributed by atoms with Gasteiger partial charge >= 0.3 is 0 Å². The van der Waals surface area contributed by atoms with Crippen molar-refractivity contribution in [3.63, 3.8) is 0 Å². The summed E-state index contributed by atoms with van der Waals surface area (Å²) in [5, 5.41) is 0. The van der Waals surface area contributed by atoms with E-state index in [1.807, 2.05) is 0 Å². The molecule has 0 saturated carbocycles. The summed E-state index contributed by atoms with van der Waals surface area (Å²) in [4.78, 5) is 0. The van der Waals surface area contributed by atoms with E-state index in [4.69, 9.17) is 0 Å². The average molecular weight is 321 g/mol. The zero-order valence-electron chi connectivity index (χ0n) is 16.2. The Hall–Kier alpha value is -0.520. The first-order valence-corrected chi connectivity index (χ1v) is 10.6. The molecule has 136 valence electrons. The Labute approximate surface area is 147 Å². The van der Waals surface area contributed by atoms with Crippen LogP contribution in [0.3, 0.4) is 0 Å². The van der Waals surface area contributed by atoms with Crippen LogP contribution in [0.1, 0.15) is 116 Å². The van der Waals surface area contributed by atoms with E-state index < -0.39 is 0 Å². The molecule has 0 aromatic rings. The summed E-state index contributed by atoms with van der Waals surface area (Å²) in [6, 6.07) is 0. The van der Waals surface area contributed by atoms with Gasteiger partial charge in [0.15, 0.2) is 0 Å². The minimum atomic E-state index is 1.01. The molecule has 0 aliphatic rings. The van der Waals surface area contributed by atoms with E-state index >= 15 is 0 Å². The quantitative estimate of drug-likeness (QED) is 0.165. The van der Waals surface area contributed by atoms with Crippen LogP contribution in [-0.2, 0) is 0 Å². The average Bonchev–Trinajstić information content (AvgIpc) is 2.57. The Balaban J connectivity index is 3.74. The van der Waals surface area contributed by atoms with Crippen molar-refractivity contribution in [2.45, 2.75) is 116 Å². The van der Waals surface area contributed by atoms with Crippen LogP contribution in [0, 0.1) is 5.92 Å². The first kappa shape index (κ1) is 22.5. The lowest BCUT2D eigenvalue weighted by atomic mass is 9.89. The first-order chi connectivity index (χ1) is 11.3. The third kappa shape index (κ3) is 17.7. The van der Waals surface area contributed by atoms with E-state index in [0.717, 1.165) is 5.92 Å². The predicted molar refractivity (Wildman–Crippen MR) is 108 cm³/mol. The van der Waals surface area contributed by atoms with Crippen LogP contribution in [0.2, 0.25) is 0 Å². The number of unbranched alkanes of at least 4 members (excludes halogenated alkanes) is 11. The third-order valence-electron chi connectivity index (χ3n) is 5.01. The van der Waals surface area contributed by atoms with Gasteiger partial charge in [0.2, 0.25) is 0 Å². The highest BCUT2D eigenvalue weighted by Gasteiger charge is 2.08. The lowest BCUT2D eigenvalue weighted by Crippen LogP contribution is -2.01. The van der Waals surface area contributed by atoms with E-state index in [1.165, 1.54) is 109 Å². The van der Waals surface area contributed by atoms with E-state index in [1.54, 1.807) is 0 Å². The molecule has 0 bridgehead atoms. The Morgan fingerprint density at radius 3 is 1.35 bits per heavy atom. The maximum absolute atomic E-state index is 3.81. The summed E-state index contributed by atoms with van der Waals surface area (Å²) in [5.74, 6) is 1.01. The van der Waals surface area contributed by atoms with Crippen LogP contribution < -0.4 is 0 Å². The molecule has 0 heterocycles. The molecule has 0 aromatic carbocycles. The van der Waals surface area contributed by atoms with Gasteiger partial charge in [0.25, 0.3) is 0 Å². The second-order valence-electron chi connectivity index (χ2n) is 7.28. The van der Waals surface area contributed by atoms with Gasteiger partial charge in [-0.15, -0.1) is 13.2 Å². The Morgan fingerprint density at radius 1 is 0.565 bits per heavy atom. The van der Waals surface area contributed by atoms with Gasteiger partial charge in [0.05, 0.1) is 0 Å². The van der Waals surface area contributed by atoms with E-state index in [2.05, 4.69) is 32.2 Å². The summed E-state index contributed by atoms with van der Waals surface area (Å²) in [5.41, 5.74) is 0. The van der Waals surface area contributed by atoms with Crippen LogP contribution in [0.15, 0.2) is 25.3 Å². The van der Waals surface area contributed by atoms with Gasteiger partial charge in [0.1, 0.15) is 0 Å². The van der Waals surface area contributed by atoms with Crippen molar-refractivity contribution in [3.05, 3.63) is 25.3 Å². The number of hydrogen-bond acceptors (Lipinski definition) is 0. The second kappa shape index (κ2) is 19.5. The van der Waals surface area contributed by atoms with Gasteiger partial charge in [-0.25, -0.2) is 0 Å². The molecule has 0 spiro atoms. The zero-order valence-corrected chi connectivity index (χ0v) is 16.2. The summed E-state index contributed by atoms with van der Waals surface area (Å²) < 4.78 is 0. The van der Waals surface area contributed by atoms with Crippen LogP contribution >= 0.6 is 0 Å². The van der Waals surface area contributed by atoms with Crippen molar-refractivity contribution in [2.24, 2.45) is 5.92 Å². The van der Waals surface area contributed by atoms with E-state index in [-0.39, 0.29) is 0 Å². The fourth-order valence-electron chi connectivity index (χ4n) is 3.44. The maximum atomic E-state index is 3.81. The minimum Gasteiger partial charge on any atom is -0.103 e. The minimum absolute atomic E-state index is 1.01. The number of rotatable bonds is 19. The Morgan fingerprint density at radius 2 is 0.957 bits per heavy atom. The van der Waals surface area contributed by atoms with Gasteiger partial charge in [-0.2, -0.15) is 0 Å². The highest BCUT2D eigenvalue weighted by molar-refractivity contribution is 4.67. The van der Waals surface area contributed by atoms with Crippen molar-refractivity contribution >= 4 is 0 Å². The molecule has 0 rings (SSSR count). The first-order valence-electron chi connectivity index (χ1n) is 10.6. The van der Waals surface area contributed by atoms with E-state index in [0.29, 0.717) is 0 Å². The Bertz CT molecular complexity index is 220. The van der Waals surface area contributed by atoms with Gasteiger partial charge in [-0.05, 0) is 31.6 Å². The SMILES string of the molecule is C=CCCCCCCC(CCCCCC)CCCCCCC=C. The summed E-state index contributed by atoms with van der Waals surface area (Å²) in [6.07, 6.45) is 27.9. The molecule has 23 heavy (non-hydrogen) atoms. The van der Waals surface area contributed by atoms with Crippen molar-refractivity contribution in [2.75, 3.05) is 0 Å². The molecule has 0 fully saturated rings. The molecule has 0 aromatic heterocycles. The van der Waals surface area contributed by atoms with Crippen LogP contribution in [0.25, 0.3) is 0 Å². The lowest BCUT2D eigenvalue weighted by molar-refractivity contribution is 0.367. The van der Waals surface area contributed by atoms with Crippen LogP contribution in [0.5, 0.6) is 0 Å². The summed E-state index contributed by atoms with van der Waals surface area (Å²) >= 11 is 0. The zero-order chi connectivity index (χ0) is 17.0. The lowest BCUT2D eigenvalue weighted by Gasteiger charge is -2.17. The molecule has 0 nitrogen and oxygen atoms in total. The largest absolute Gasteiger partial charge is 0.103 e. The van der Waals surface area contributed by atoms with Gasteiger partial charge in [0, 0.05) is 0 Å². The smallest absolute Gasteiger partial charge is 0.0353 e. The van der Waals surface area contributed by atoms with Gasteiger partial charge in [-0.3, -0.25) is 0 Å². The van der Waals surface area contributed by atoms with Gasteiger partial charge < -0.3 is 0 Å². The van der Waals surface area contributed by atoms with Gasteiger partial charge in [-0.1, -0.05) is 103 Å². The van der Waals surface area contributed by atoms with Crippen molar-refractivity contribution < 1.29 is 0 Å². The third-order valence-corrected chi connectivity index (χ3v) is 5.01. The van der Waals surface area contributed by atoms with Crippen molar-refractivity contribution in [3.8, 4) is 0 Å². The van der Waals surface area contributed by atoms with Crippen LogP contribution in [-0.4, -0.2) is 0 Å². The topological polar surface area (TPSA) is 0 Å². The molecule has 0 aliphatic carbocycles. The van der Waals surface area contributed by atoms with Crippen LogP contribution in [0.4, 0.5) is 0 Å². The molecule has 0 atom stereocenters. The molecule has 0 unspecified atom stereocenters. The van der Waals surface area contributed by atoms with Crippen molar-refractivity contribution in [1.29, 1.82) is 0 Å². The highest BCUT2D eigenvalue weighted by atomic mass is 14.1. The van der Waals surface area contributed by atoms with Crippen molar-refractivity contribution in [1.82, 2.24) is 0 Å². The fraction of sp³-hybridized carbons (Fsp3) is 0.826. The molecule has 0 aliphatic heterocycles. The number of hydrogen-bond donors (Lipinski definition) is 0. The molecule has 0 N–H and O–H groups in total. The fourth-order valence-corrected chi connectivity index (χ4v) is 3.44. The molecule has 0 heteroatoms. The molecular formula is C23H44. The summed E-state index contributed by atoms with van der Waals surface area (Å²) in [7, 11) is 0. The second-order valence-corrected chi connectivity index (χ2v) is 7.28. The normalized spacial score (nSPS) is 11.0.